The molecule has 0 saturated heterocycles. The zero-order chi connectivity index (χ0) is 18.8. The molecule has 0 heterocycles. The van der Waals surface area contributed by atoms with E-state index < -0.39 is 27.6 Å². The number of nitrogens with one attached hydrogen (secondary N) is 1. The van der Waals surface area contributed by atoms with Crippen molar-refractivity contribution >= 4 is 15.8 Å². The molecular formula is C16H13F4NO3S. The molecule has 25 heavy (non-hydrogen) atoms. The molecule has 0 spiro atoms. The van der Waals surface area contributed by atoms with Crippen LogP contribution in [-0.2, 0) is 22.7 Å². The molecule has 4 nitrogen and oxygen atoms in total. The first-order valence-corrected chi connectivity index (χ1v) is 8.45. The minimum atomic E-state index is -4.82. The molecule has 2 rings (SSSR count). The number of rotatable bonds is 5. The van der Waals surface area contributed by atoms with E-state index in [0.717, 1.165) is 6.07 Å². The maximum absolute atomic E-state index is 13.5. The van der Waals surface area contributed by atoms with Crippen LogP contribution >= 0.6 is 0 Å². The molecule has 134 valence electrons. The Kier molecular flexibility index (Phi) is 5.28. The minimum absolute atomic E-state index is 0.0365. The van der Waals surface area contributed by atoms with Gasteiger partial charge in [0.15, 0.2) is 5.78 Å². The van der Waals surface area contributed by atoms with Gasteiger partial charge in [-0.15, -0.1) is 0 Å². The van der Waals surface area contributed by atoms with E-state index in [1.165, 1.54) is 31.2 Å². The summed E-state index contributed by atoms with van der Waals surface area (Å²) in [5.41, 5.74) is -1.04. The summed E-state index contributed by atoms with van der Waals surface area (Å²) in [5, 5.41) is 0. The van der Waals surface area contributed by atoms with Crippen LogP contribution in [0.2, 0.25) is 0 Å². The molecular weight excluding hydrogens is 362 g/mol. The molecule has 0 fully saturated rings. The van der Waals surface area contributed by atoms with Gasteiger partial charge in [0.1, 0.15) is 5.82 Å². The van der Waals surface area contributed by atoms with Gasteiger partial charge in [-0.25, -0.2) is 17.5 Å². The number of benzene rings is 2. The highest BCUT2D eigenvalue weighted by Crippen LogP contribution is 2.31. The lowest BCUT2D eigenvalue weighted by Gasteiger charge is -2.10. The second-order valence-electron chi connectivity index (χ2n) is 5.22. The lowest BCUT2D eigenvalue weighted by Crippen LogP contribution is -2.23. The molecule has 0 aromatic heterocycles. The van der Waals surface area contributed by atoms with Crippen LogP contribution in [0.25, 0.3) is 0 Å². The van der Waals surface area contributed by atoms with Gasteiger partial charge in [0.05, 0.1) is 10.5 Å². The van der Waals surface area contributed by atoms with Crippen molar-refractivity contribution in [1.29, 1.82) is 0 Å². The van der Waals surface area contributed by atoms with E-state index in [4.69, 9.17) is 0 Å². The summed E-state index contributed by atoms with van der Waals surface area (Å²) in [5.74, 6) is -1.70. The van der Waals surface area contributed by atoms with Crippen molar-refractivity contribution in [3.63, 3.8) is 0 Å². The molecule has 0 unspecified atom stereocenters. The third kappa shape index (κ3) is 4.64. The van der Waals surface area contributed by atoms with E-state index in [1.54, 1.807) is 0 Å². The Morgan fingerprint density at radius 2 is 1.68 bits per heavy atom. The molecule has 0 radical (unpaired) electrons. The Morgan fingerprint density at radius 3 is 2.16 bits per heavy atom. The molecule has 0 bridgehead atoms. The van der Waals surface area contributed by atoms with Gasteiger partial charge in [-0.3, -0.25) is 4.79 Å². The monoisotopic (exact) mass is 375 g/mol. The fourth-order valence-corrected chi connectivity index (χ4v) is 3.05. The van der Waals surface area contributed by atoms with Crippen molar-refractivity contribution in [2.45, 2.75) is 24.5 Å². The number of carbonyl (C=O) groups excluding carboxylic acids is 1. The van der Waals surface area contributed by atoms with Crippen LogP contribution in [0, 0.1) is 5.82 Å². The van der Waals surface area contributed by atoms with Crippen LogP contribution in [0.1, 0.15) is 28.4 Å². The quantitative estimate of drug-likeness (QED) is 0.642. The number of hydrogen-bond donors (Lipinski definition) is 1. The van der Waals surface area contributed by atoms with Crippen molar-refractivity contribution in [2.75, 3.05) is 0 Å². The largest absolute Gasteiger partial charge is 0.419 e. The number of halogens is 4. The van der Waals surface area contributed by atoms with E-state index in [9.17, 15) is 30.8 Å². The SMILES string of the molecule is CC(=O)c1ccc(S(=O)(=O)NCc2ccc(C(F)(F)F)c(F)c2)cc1. The third-order valence-corrected chi connectivity index (χ3v) is 4.79. The van der Waals surface area contributed by atoms with Gasteiger partial charge in [-0.05, 0) is 36.8 Å². The van der Waals surface area contributed by atoms with Crippen LogP contribution in [0.15, 0.2) is 47.4 Å². The Labute approximate surface area is 141 Å². The van der Waals surface area contributed by atoms with Gasteiger partial charge in [0, 0.05) is 12.1 Å². The maximum Gasteiger partial charge on any atom is 0.419 e. The average Bonchev–Trinajstić information content (AvgIpc) is 2.52. The first kappa shape index (κ1) is 19.1. The zero-order valence-corrected chi connectivity index (χ0v) is 13.7. The van der Waals surface area contributed by atoms with Crippen LogP contribution in [-0.4, -0.2) is 14.2 Å². The molecule has 2 aromatic carbocycles. The summed E-state index contributed by atoms with van der Waals surface area (Å²) >= 11 is 0. The van der Waals surface area contributed by atoms with E-state index in [0.29, 0.717) is 17.7 Å². The van der Waals surface area contributed by atoms with Crippen molar-refractivity contribution < 1.29 is 30.8 Å². The highest BCUT2D eigenvalue weighted by atomic mass is 32.2. The molecule has 2 aromatic rings. The second kappa shape index (κ2) is 6.93. The van der Waals surface area contributed by atoms with Gasteiger partial charge >= 0.3 is 6.18 Å². The predicted octanol–water partition coefficient (Wildman–Crippen LogP) is 3.53. The minimum Gasteiger partial charge on any atom is -0.295 e. The normalized spacial score (nSPS) is 12.2. The molecule has 0 aliphatic carbocycles. The summed E-state index contributed by atoms with van der Waals surface area (Å²) in [4.78, 5) is 11.0. The van der Waals surface area contributed by atoms with Gasteiger partial charge in [-0.2, -0.15) is 13.2 Å². The van der Waals surface area contributed by atoms with Gasteiger partial charge in [0.25, 0.3) is 0 Å². The number of Topliss-reactive ketones (excluding diaryl/α,β-unsaturated/α-hetero) is 1. The topological polar surface area (TPSA) is 63.2 Å². The summed E-state index contributed by atoms with van der Waals surface area (Å²) in [6.45, 7) is 0.951. The van der Waals surface area contributed by atoms with Crippen LogP contribution in [0.5, 0.6) is 0 Å². The van der Waals surface area contributed by atoms with Crippen molar-refractivity contribution in [3.05, 3.63) is 65.0 Å². The summed E-state index contributed by atoms with van der Waals surface area (Å²) < 4.78 is 77.4. The standard InChI is InChI=1S/C16H13F4NO3S/c1-10(22)12-3-5-13(6-4-12)25(23,24)21-9-11-2-7-14(15(17)8-11)16(18,19)20/h2-8,21H,9H2,1H3. The number of ketones is 1. The van der Waals surface area contributed by atoms with Crippen molar-refractivity contribution in [3.8, 4) is 0 Å². The van der Waals surface area contributed by atoms with E-state index >= 15 is 0 Å². The average molecular weight is 375 g/mol. The molecule has 9 heteroatoms. The lowest BCUT2D eigenvalue weighted by atomic mass is 10.1. The number of alkyl halides is 3. The lowest BCUT2D eigenvalue weighted by molar-refractivity contribution is -0.140. The highest BCUT2D eigenvalue weighted by Gasteiger charge is 2.33. The smallest absolute Gasteiger partial charge is 0.295 e. The molecule has 1 N–H and O–H groups in total. The van der Waals surface area contributed by atoms with E-state index in [2.05, 4.69) is 4.72 Å². The Balaban J connectivity index is 2.14. The first-order chi connectivity index (χ1) is 11.5. The Morgan fingerprint density at radius 1 is 1.08 bits per heavy atom. The molecule has 0 saturated carbocycles. The Bertz CT molecular complexity index is 891. The van der Waals surface area contributed by atoms with Crippen molar-refractivity contribution in [2.24, 2.45) is 0 Å². The summed E-state index contributed by atoms with van der Waals surface area (Å²) in [6, 6.07) is 7.32. The molecule has 0 aliphatic heterocycles. The summed E-state index contributed by atoms with van der Waals surface area (Å²) in [7, 11) is -3.96. The van der Waals surface area contributed by atoms with Crippen LogP contribution < -0.4 is 4.72 Å². The maximum atomic E-state index is 13.5. The second-order valence-corrected chi connectivity index (χ2v) is 6.98. The fourth-order valence-electron chi connectivity index (χ4n) is 2.03. The number of sulfonamides is 1. The van der Waals surface area contributed by atoms with Gasteiger partial charge < -0.3 is 0 Å². The fraction of sp³-hybridized carbons (Fsp3) is 0.188. The van der Waals surface area contributed by atoms with Crippen LogP contribution in [0.3, 0.4) is 0 Å². The van der Waals surface area contributed by atoms with E-state index in [-0.39, 0.29) is 22.8 Å². The van der Waals surface area contributed by atoms with Crippen LogP contribution in [0.4, 0.5) is 17.6 Å². The predicted molar refractivity (Wildman–Crippen MR) is 81.9 cm³/mol. The van der Waals surface area contributed by atoms with Gasteiger partial charge in [-0.1, -0.05) is 18.2 Å². The first-order valence-electron chi connectivity index (χ1n) is 6.97. The summed E-state index contributed by atoms with van der Waals surface area (Å²) in [6.07, 6.45) is -4.82. The van der Waals surface area contributed by atoms with E-state index in [1.807, 2.05) is 0 Å². The Hall–Kier alpha value is -2.26. The van der Waals surface area contributed by atoms with Gasteiger partial charge in [0.2, 0.25) is 10.0 Å². The molecule has 0 aliphatic rings. The number of hydrogen-bond acceptors (Lipinski definition) is 3. The molecule has 0 atom stereocenters. The number of carbonyl (C=O) groups is 1. The third-order valence-electron chi connectivity index (χ3n) is 3.38. The zero-order valence-electron chi connectivity index (χ0n) is 12.9. The van der Waals surface area contributed by atoms with Crippen molar-refractivity contribution in [1.82, 2.24) is 4.72 Å². The highest BCUT2D eigenvalue weighted by molar-refractivity contribution is 7.89. The molecule has 0 amide bonds.